The van der Waals surface area contributed by atoms with Gasteiger partial charge in [-0.3, -0.25) is 0 Å². The second kappa shape index (κ2) is 1.91. The molecule has 0 saturated heterocycles. The van der Waals surface area contributed by atoms with Gasteiger partial charge in [0.1, 0.15) is 0 Å². The number of rotatable bonds is 1. The van der Waals surface area contributed by atoms with Gasteiger partial charge >= 0.3 is 65.6 Å². The summed E-state index contributed by atoms with van der Waals surface area (Å²) in [6, 6.07) is 0. The molecule has 0 amide bonds. The Morgan fingerprint density at radius 2 is 2.56 bits per heavy atom. The monoisotopic (exact) mass is 114 g/mol. The third-order valence-corrected chi connectivity index (χ3v) is 3.11. The van der Waals surface area contributed by atoms with Crippen LogP contribution in [0.5, 0.6) is 0 Å². The van der Waals surface area contributed by atoms with Crippen molar-refractivity contribution in [1.29, 1.82) is 0 Å². The maximum absolute atomic E-state index is 2.46. The molecule has 0 aliphatic heterocycles. The molecule has 2 aliphatic rings. The molecule has 0 radical (unpaired) electrons. The zero-order valence-electron chi connectivity index (χ0n) is 6.06. The third-order valence-electron chi connectivity index (χ3n) is 3.11. The van der Waals surface area contributed by atoms with Crippen LogP contribution in [0.2, 0.25) is 5.09 Å². The van der Waals surface area contributed by atoms with Crippen LogP contribution in [-0.4, -0.2) is 17.7 Å². The van der Waals surface area contributed by atoms with Crippen molar-refractivity contribution in [2.75, 3.05) is 0 Å². The normalized spacial score (nSPS) is 46.7. The van der Waals surface area contributed by atoms with Gasteiger partial charge in [0.05, 0.1) is 0 Å². The fraction of sp³-hybridized carbons (Fsp3) is 0.750. The average Bonchev–Trinajstić information content (AvgIpc) is 2.46. The first-order valence-corrected chi connectivity index (χ1v) is 4.04. The minimum atomic E-state index is 0.671. The van der Waals surface area contributed by atoms with E-state index in [9.17, 15) is 0 Å². The molecule has 1 fully saturated rings. The molecule has 1 saturated carbocycles. The topological polar surface area (TPSA) is 0 Å². The van der Waals surface area contributed by atoms with Crippen LogP contribution in [-0.2, 0) is 0 Å². The number of hydrogen-bond acceptors (Lipinski definition) is 0. The Labute approximate surface area is 65.9 Å². The van der Waals surface area contributed by atoms with E-state index in [1.54, 1.807) is 0 Å². The molecule has 2 unspecified atom stereocenters. The zero-order chi connectivity index (χ0) is 6.32. The van der Waals surface area contributed by atoms with Crippen molar-refractivity contribution in [3.05, 3.63) is 12.2 Å². The average molecular weight is 114 g/mol. The molecule has 2 aliphatic carbocycles. The maximum atomic E-state index is 2.46. The predicted molar refractivity (Wildman–Crippen MR) is 39.5 cm³/mol. The summed E-state index contributed by atoms with van der Waals surface area (Å²) in [7, 11) is 0. The summed E-state index contributed by atoms with van der Waals surface area (Å²) in [6.07, 6.45) is 9.27. The first kappa shape index (κ1) is 6.07. The standard InChI is InChI=1S/C8H11.Li/c1-8-4-2-7(6-8)3-5-8;/h2,4,7H,1,3,5-6H2;. The van der Waals surface area contributed by atoms with E-state index in [1.807, 2.05) is 0 Å². The summed E-state index contributed by atoms with van der Waals surface area (Å²) in [5.74, 6) is 0.963. The molecule has 9 heavy (non-hydrogen) atoms. The first-order chi connectivity index (χ1) is 4.35. The van der Waals surface area contributed by atoms with Crippen molar-refractivity contribution >= 4 is 17.7 Å². The van der Waals surface area contributed by atoms with E-state index >= 15 is 0 Å². The van der Waals surface area contributed by atoms with Crippen LogP contribution < -0.4 is 0 Å². The molecule has 0 nitrogen and oxygen atoms in total. The molecule has 1 heteroatoms. The van der Waals surface area contributed by atoms with Gasteiger partial charge in [0.25, 0.3) is 0 Å². The summed E-state index contributed by atoms with van der Waals surface area (Å²) in [5.41, 5.74) is 0.671. The fourth-order valence-electron chi connectivity index (χ4n) is 2.29. The van der Waals surface area contributed by atoms with Crippen LogP contribution in [0.4, 0.5) is 0 Å². The molecular weight excluding hydrogens is 103 g/mol. The van der Waals surface area contributed by atoms with Crippen molar-refractivity contribution in [3.8, 4) is 0 Å². The quantitative estimate of drug-likeness (QED) is 0.361. The Balaban J connectivity index is 2.23. The van der Waals surface area contributed by atoms with Gasteiger partial charge < -0.3 is 0 Å². The SMILES string of the molecule is [Li][CH2]C12C=CC(CC1)C2. The van der Waals surface area contributed by atoms with E-state index in [1.165, 1.54) is 24.4 Å². The van der Waals surface area contributed by atoms with Crippen molar-refractivity contribution in [2.45, 2.75) is 24.4 Å². The second-order valence-electron chi connectivity index (χ2n) is 3.58. The van der Waals surface area contributed by atoms with Crippen LogP contribution in [0.3, 0.4) is 0 Å². The Morgan fingerprint density at radius 1 is 1.67 bits per heavy atom. The van der Waals surface area contributed by atoms with Crippen molar-refractivity contribution in [3.63, 3.8) is 0 Å². The van der Waals surface area contributed by atoms with Crippen LogP contribution in [0.1, 0.15) is 19.3 Å². The molecule has 2 atom stereocenters. The van der Waals surface area contributed by atoms with Crippen molar-refractivity contribution in [2.24, 2.45) is 11.3 Å². The van der Waals surface area contributed by atoms with Crippen molar-refractivity contribution in [1.82, 2.24) is 0 Å². The fourth-order valence-corrected chi connectivity index (χ4v) is 2.29. The van der Waals surface area contributed by atoms with E-state index in [4.69, 9.17) is 0 Å². The van der Waals surface area contributed by atoms with E-state index in [0.717, 1.165) is 5.92 Å². The van der Waals surface area contributed by atoms with E-state index < -0.39 is 0 Å². The van der Waals surface area contributed by atoms with Crippen LogP contribution >= 0.6 is 0 Å². The molecule has 44 valence electrons. The van der Waals surface area contributed by atoms with Crippen LogP contribution in [0.15, 0.2) is 12.2 Å². The molecule has 0 aromatic carbocycles. The van der Waals surface area contributed by atoms with Crippen LogP contribution in [0, 0.1) is 11.3 Å². The van der Waals surface area contributed by atoms with Gasteiger partial charge in [-0.25, -0.2) is 0 Å². The molecule has 0 N–H and O–H groups in total. The van der Waals surface area contributed by atoms with Gasteiger partial charge in [0.2, 0.25) is 0 Å². The minimum absolute atomic E-state index is 0.671. The molecule has 0 spiro atoms. The Hall–Kier alpha value is 0.337. The summed E-state index contributed by atoms with van der Waals surface area (Å²) in [6.45, 7) is 0. The first-order valence-electron chi connectivity index (χ1n) is 4.04. The van der Waals surface area contributed by atoms with E-state index in [-0.39, 0.29) is 0 Å². The summed E-state index contributed by atoms with van der Waals surface area (Å²) in [5, 5.41) is 1.36. The van der Waals surface area contributed by atoms with Gasteiger partial charge in [-0.2, -0.15) is 0 Å². The van der Waals surface area contributed by atoms with Crippen LogP contribution in [0.25, 0.3) is 0 Å². The van der Waals surface area contributed by atoms with E-state index in [0.29, 0.717) is 5.41 Å². The summed E-state index contributed by atoms with van der Waals surface area (Å²) in [4.78, 5) is 0. The Bertz CT molecular complexity index is 151. The summed E-state index contributed by atoms with van der Waals surface area (Å²) < 4.78 is 0. The molecule has 2 rings (SSSR count). The zero-order valence-corrected chi connectivity index (χ0v) is 6.06. The van der Waals surface area contributed by atoms with Gasteiger partial charge in [0, 0.05) is 0 Å². The van der Waals surface area contributed by atoms with Gasteiger partial charge in [-0.05, 0) is 0 Å². The Morgan fingerprint density at radius 3 is 2.78 bits per heavy atom. The molecular formula is C8H11Li. The van der Waals surface area contributed by atoms with Gasteiger partial charge in [-0.1, -0.05) is 0 Å². The molecule has 2 bridgehead atoms. The van der Waals surface area contributed by atoms with E-state index in [2.05, 4.69) is 29.9 Å². The molecule has 0 heterocycles. The number of allylic oxidation sites excluding steroid dienone is 2. The number of fused-ring (bicyclic) bond motifs is 2. The number of hydrogen-bond donors (Lipinski definition) is 0. The molecule has 0 aromatic rings. The van der Waals surface area contributed by atoms with Crippen molar-refractivity contribution < 1.29 is 0 Å². The second-order valence-corrected chi connectivity index (χ2v) is 3.58. The van der Waals surface area contributed by atoms with Gasteiger partial charge in [-0.15, -0.1) is 0 Å². The van der Waals surface area contributed by atoms with Gasteiger partial charge in [0.15, 0.2) is 0 Å². The third kappa shape index (κ3) is 0.810. The predicted octanol–water partition coefficient (Wildman–Crippen LogP) is 1.93. The Kier molecular flexibility index (Phi) is 1.29. The summed E-state index contributed by atoms with van der Waals surface area (Å²) >= 11 is 2.32. The molecule has 0 aromatic heterocycles.